The smallest absolute Gasteiger partial charge is 0.261 e. The van der Waals surface area contributed by atoms with Crippen LogP contribution in [0.1, 0.15) is 33.8 Å². The number of carbonyl (C=O) groups excluding carboxylic acids is 1. The second-order valence-corrected chi connectivity index (χ2v) is 6.12. The molecule has 2 aromatic heterocycles. The van der Waals surface area contributed by atoms with Crippen molar-refractivity contribution in [3.05, 3.63) is 39.8 Å². The summed E-state index contributed by atoms with van der Waals surface area (Å²) in [5, 5.41) is 4.89. The highest BCUT2D eigenvalue weighted by molar-refractivity contribution is 7.12. The van der Waals surface area contributed by atoms with Gasteiger partial charge in [-0.3, -0.25) is 4.79 Å². The summed E-state index contributed by atoms with van der Waals surface area (Å²) in [5.74, 6) is 0.723. The van der Waals surface area contributed by atoms with Gasteiger partial charge in [0.15, 0.2) is 0 Å². The lowest BCUT2D eigenvalue weighted by Gasteiger charge is -2.15. The summed E-state index contributed by atoms with van der Waals surface area (Å²) in [6.45, 7) is 4.45. The molecule has 21 heavy (non-hydrogen) atoms. The zero-order valence-electron chi connectivity index (χ0n) is 12.0. The highest BCUT2D eigenvalue weighted by atomic mass is 32.1. The second-order valence-electron chi connectivity index (χ2n) is 5.21. The van der Waals surface area contributed by atoms with E-state index in [2.05, 4.69) is 20.2 Å². The van der Waals surface area contributed by atoms with Crippen molar-refractivity contribution in [2.45, 2.75) is 26.3 Å². The summed E-state index contributed by atoms with van der Waals surface area (Å²) < 4.78 is 0. The third kappa shape index (κ3) is 3.39. The van der Waals surface area contributed by atoms with E-state index in [0.717, 1.165) is 35.2 Å². The van der Waals surface area contributed by atoms with Gasteiger partial charge in [0, 0.05) is 19.3 Å². The highest BCUT2D eigenvalue weighted by Crippen LogP contribution is 2.16. The van der Waals surface area contributed by atoms with Gasteiger partial charge in [-0.1, -0.05) is 0 Å². The predicted octanol–water partition coefficient (Wildman–Crippen LogP) is 2.38. The number of hydrogen-bond donors (Lipinski definition) is 1. The Kier molecular flexibility index (Phi) is 4.15. The number of amides is 1. The van der Waals surface area contributed by atoms with Crippen LogP contribution >= 0.6 is 11.3 Å². The molecule has 2 aromatic rings. The SMILES string of the molecule is Cc1csc(C(=O)NCc2ccnc(N3CCCC3)n2)c1. The minimum atomic E-state index is -0.0468. The van der Waals surface area contributed by atoms with E-state index in [1.807, 2.05) is 24.4 Å². The molecule has 1 N–H and O–H groups in total. The van der Waals surface area contributed by atoms with Crippen LogP contribution in [0, 0.1) is 6.92 Å². The van der Waals surface area contributed by atoms with Crippen LogP contribution in [0.5, 0.6) is 0 Å². The third-order valence-corrected chi connectivity index (χ3v) is 4.52. The molecular weight excluding hydrogens is 284 g/mol. The molecule has 1 aliphatic heterocycles. The fourth-order valence-corrected chi connectivity index (χ4v) is 3.17. The van der Waals surface area contributed by atoms with Gasteiger partial charge in [0.1, 0.15) is 0 Å². The van der Waals surface area contributed by atoms with Crippen LogP contribution in [0.15, 0.2) is 23.7 Å². The number of thiophene rings is 1. The quantitative estimate of drug-likeness (QED) is 0.942. The standard InChI is InChI=1S/C15H18N4OS/c1-11-8-13(21-10-11)14(20)17-9-12-4-5-16-15(18-12)19-6-2-3-7-19/h4-5,8,10H,2-3,6-7,9H2,1H3,(H,17,20). The van der Waals surface area contributed by atoms with E-state index in [4.69, 9.17) is 0 Å². The van der Waals surface area contributed by atoms with Gasteiger partial charge >= 0.3 is 0 Å². The van der Waals surface area contributed by atoms with Crippen LogP contribution in [0.2, 0.25) is 0 Å². The zero-order chi connectivity index (χ0) is 14.7. The van der Waals surface area contributed by atoms with Crippen LogP contribution < -0.4 is 10.2 Å². The molecule has 0 bridgehead atoms. The predicted molar refractivity (Wildman–Crippen MR) is 83.7 cm³/mol. The Morgan fingerprint density at radius 1 is 1.43 bits per heavy atom. The van der Waals surface area contributed by atoms with Crippen molar-refractivity contribution in [2.75, 3.05) is 18.0 Å². The summed E-state index contributed by atoms with van der Waals surface area (Å²) in [6, 6.07) is 3.75. The van der Waals surface area contributed by atoms with E-state index in [1.165, 1.54) is 24.2 Å². The summed E-state index contributed by atoms with van der Waals surface area (Å²) in [5.41, 5.74) is 1.96. The Labute approximate surface area is 128 Å². The van der Waals surface area contributed by atoms with Gasteiger partial charge in [-0.2, -0.15) is 0 Å². The molecule has 0 unspecified atom stereocenters. The van der Waals surface area contributed by atoms with Gasteiger partial charge in [0.25, 0.3) is 5.91 Å². The molecule has 3 rings (SSSR count). The van der Waals surface area contributed by atoms with E-state index in [9.17, 15) is 4.79 Å². The van der Waals surface area contributed by atoms with Crippen LogP contribution in [0.4, 0.5) is 5.95 Å². The fourth-order valence-electron chi connectivity index (χ4n) is 2.36. The number of nitrogens with zero attached hydrogens (tertiary/aromatic N) is 3. The normalized spacial score (nSPS) is 14.4. The molecule has 0 aliphatic carbocycles. The van der Waals surface area contributed by atoms with Gasteiger partial charge in [-0.05, 0) is 42.8 Å². The average molecular weight is 302 g/mol. The van der Waals surface area contributed by atoms with Gasteiger partial charge in [0.05, 0.1) is 17.1 Å². The van der Waals surface area contributed by atoms with Crippen LogP contribution in [-0.2, 0) is 6.54 Å². The first-order valence-corrected chi connectivity index (χ1v) is 8.00. The van der Waals surface area contributed by atoms with Crippen LogP contribution in [0.25, 0.3) is 0 Å². The van der Waals surface area contributed by atoms with Gasteiger partial charge in [-0.15, -0.1) is 11.3 Å². The summed E-state index contributed by atoms with van der Waals surface area (Å²) in [7, 11) is 0. The van der Waals surface area contributed by atoms with Crippen LogP contribution in [0.3, 0.4) is 0 Å². The number of carbonyl (C=O) groups is 1. The lowest BCUT2D eigenvalue weighted by atomic mass is 10.3. The number of hydrogen-bond acceptors (Lipinski definition) is 5. The average Bonchev–Trinajstić information content (AvgIpc) is 3.16. The van der Waals surface area contributed by atoms with Crippen LogP contribution in [-0.4, -0.2) is 29.0 Å². The molecule has 0 saturated carbocycles. The number of aromatic nitrogens is 2. The molecule has 1 saturated heterocycles. The van der Waals surface area contributed by atoms with Crippen molar-refractivity contribution in [1.82, 2.24) is 15.3 Å². The van der Waals surface area contributed by atoms with E-state index in [0.29, 0.717) is 6.54 Å². The second kappa shape index (κ2) is 6.22. The van der Waals surface area contributed by atoms with Gasteiger partial charge in [-0.25, -0.2) is 9.97 Å². The Balaban J connectivity index is 1.62. The molecule has 1 amide bonds. The van der Waals surface area contributed by atoms with E-state index in [-0.39, 0.29) is 5.91 Å². The maximum absolute atomic E-state index is 12.0. The Bertz CT molecular complexity index is 634. The number of aryl methyl sites for hydroxylation is 1. The molecule has 110 valence electrons. The minimum Gasteiger partial charge on any atom is -0.346 e. The van der Waals surface area contributed by atoms with E-state index < -0.39 is 0 Å². The monoisotopic (exact) mass is 302 g/mol. The Morgan fingerprint density at radius 2 is 2.24 bits per heavy atom. The largest absolute Gasteiger partial charge is 0.346 e. The Morgan fingerprint density at radius 3 is 2.95 bits per heavy atom. The Hall–Kier alpha value is -1.95. The molecular formula is C15H18N4OS. The summed E-state index contributed by atoms with van der Waals surface area (Å²) >= 11 is 1.46. The lowest BCUT2D eigenvalue weighted by molar-refractivity contribution is 0.0954. The number of anilines is 1. The maximum atomic E-state index is 12.0. The molecule has 6 heteroatoms. The molecule has 1 fully saturated rings. The van der Waals surface area contributed by atoms with E-state index >= 15 is 0 Å². The molecule has 3 heterocycles. The first-order valence-electron chi connectivity index (χ1n) is 7.12. The molecule has 0 radical (unpaired) electrons. The highest BCUT2D eigenvalue weighted by Gasteiger charge is 2.15. The molecule has 1 aliphatic rings. The van der Waals surface area contributed by atoms with Crippen molar-refractivity contribution in [3.8, 4) is 0 Å². The van der Waals surface area contributed by atoms with Crippen molar-refractivity contribution in [1.29, 1.82) is 0 Å². The third-order valence-electron chi connectivity index (χ3n) is 3.47. The van der Waals surface area contributed by atoms with Gasteiger partial charge < -0.3 is 10.2 Å². The van der Waals surface area contributed by atoms with E-state index in [1.54, 1.807) is 6.20 Å². The lowest BCUT2D eigenvalue weighted by Crippen LogP contribution is -2.24. The molecule has 0 aromatic carbocycles. The minimum absolute atomic E-state index is 0.0468. The van der Waals surface area contributed by atoms with Crippen molar-refractivity contribution in [2.24, 2.45) is 0 Å². The van der Waals surface area contributed by atoms with Crippen molar-refractivity contribution in [3.63, 3.8) is 0 Å². The number of rotatable bonds is 4. The first-order chi connectivity index (χ1) is 10.2. The molecule has 0 atom stereocenters. The first kappa shape index (κ1) is 14.0. The summed E-state index contributed by atoms with van der Waals surface area (Å²) in [6.07, 6.45) is 4.15. The van der Waals surface area contributed by atoms with Crippen molar-refractivity contribution >= 4 is 23.2 Å². The van der Waals surface area contributed by atoms with Gasteiger partial charge in [0.2, 0.25) is 5.95 Å². The fraction of sp³-hybridized carbons (Fsp3) is 0.400. The molecule has 5 nitrogen and oxygen atoms in total. The number of nitrogens with one attached hydrogen (secondary N) is 1. The maximum Gasteiger partial charge on any atom is 0.261 e. The van der Waals surface area contributed by atoms with Crippen molar-refractivity contribution < 1.29 is 4.79 Å². The topological polar surface area (TPSA) is 58.1 Å². The molecule has 0 spiro atoms. The summed E-state index contributed by atoms with van der Waals surface area (Å²) in [4.78, 5) is 23.8. The zero-order valence-corrected chi connectivity index (χ0v) is 12.8.